The van der Waals surface area contributed by atoms with Gasteiger partial charge < -0.3 is 15.0 Å². The Morgan fingerprint density at radius 3 is 2.82 bits per heavy atom. The molecular formula is C16H20N2O3S. The van der Waals surface area contributed by atoms with Gasteiger partial charge in [0.2, 0.25) is 5.91 Å². The number of esters is 1. The predicted octanol–water partition coefficient (Wildman–Crippen LogP) is 2.18. The van der Waals surface area contributed by atoms with Crippen molar-refractivity contribution in [1.29, 1.82) is 0 Å². The van der Waals surface area contributed by atoms with E-state index in [4.69, 9.17) is 4.74 Å². The number of likely N-dealkylation sites (N-methyl/N-ethyl adjacent to an activating group) is 1. The summed E-state index contributed by atoms with van der Waals surface area (Å²) in [5.74, 6) is 6.01. The van der Waals surface area contributed by atoms with Gasteiger partial charge >= 0.3 is 5.97 Å². The van der Waals surface area contributed by atoms with Gasteiger partial charge in [-0.3, -0.25) is 4.79 Å². The van der Waals surface area contributed by atoms with Crippen LogP contribution in [0.15, 0.2) is 6.07 Å². The van der Waals surface area contributed by atoms with E-state index in [0.717, 1.165) is 11.3 Å². The maximum atomic E-state index is 12.0. The number of amides is 1. The molecule has 0 spiro atoms. The molecule has 1 atom stereocenters. The van der Waals surface area contributed by atoms with Gasteiger partial charge in [0, 0.05) is 19.5 Å². The van der Waals surface area contributed by atoms with Gasteiger partial charge in [-0.25, -0.2) is 4.79 Å². The summed E-state index contributed by atoms with van der Waals surface area (Å²) in [5.41, 5.74) is 0.624. The molecule has 0 saturated carbocycles. The fraction of sp³-hybridized carbons (Fsp3) is 0.500. The molecular weight excluding hydrogens is 300 g/mol. The molecule has 2 rings (SSSR count). The van der Waals surface area contributed by atoms with Crippen LogP contribution >= 0.6 is 11.3 Å². The fourth-order valence-electron chi connectivity index (χ4n) is 2.16. The Labute approximate surface area is 134 Å². The van der Waals surface area contributed by atoms with E-state index >= 15 is 0 Å². The van der Waals surface area contributed by atoms with Crippen LogP contribution in [0.5, 0.6) is 0 Å². The number of anilines is 1. The number of hydrogen-bond acceptors (Lipinski definition) is 5. The van der Waals surface area contributed by atoms with Crippen molar-refractivity contribution in [3.05, 3.63) is 15.8 Å². The lowest BCUT2D eigenvalue weighted by Gasteiger charge is -2.13. The Balaban J connectivity index is 2.27. The highest BCUT2D eigenvalue weighted by atomic mass is 32.1. The van der Waals surface area contributed by atoms with Crippen LogP contribution < -0.4 is 5.32 Å². The quantitative estimate of drug-likeness (QED) is 0.685. The molecule has 6 heteroatoms. The van der Waals surface area contributed by atoms with Gasteiger partial charge in [-0.2, -0.15) is 0 Å². The van der Waals surface area contributed by atoms with Crippen molar-refractivity contribution in [2.24, 2.45) is 5.92 Å². The summed E-state index contributed by atoms with van der Waals surface area (Å²) >= 11 is 1.28. The average Bonchev–Trinajstić information content (AvgIpc) is 3.03. The minimum Gasteiger partial charge on any atom is -0.465 e. The highest BCUT2D eigenvalue weighted by Crippen LogP contribution is 2.29. The second-order valence-electron chi connectivity index (χ2n) is 5.51. The van der Waals surface area contributed by atoms with E-state index in [-0.39, 0.29) is 17.9 Å². The van der Waals surface area contributed by atoms with Crippen molar-refractivity contribution in [3.8, 4) is 11.8 Å². The maximum absolute atomic E-state index is 12.0. The zero-order valence-corrected chi connectivity index (χ0v) is 14.0. The van der Waals surface area contributed by atoms with Gasteiger partial charge in [0.25, 0.3) is 0 Å². The minimum atomic E-state index is -0.413. The Morgan fingerprint density at radius 2 is 2.27 bits per heavy atom. The van der Waals surface area contributed by atoms with Crippen molar-refractivity contribution >= 4 is 28.9 Å². The number of hydrogen-bond donors (Lipinski definition) is 1. The van der Waals surface area contributed by atoms with Crippen molar-refractivity contribution in [2.45, 2.75) is 26.3 Å². The predicted molar refractivity (Wildman–Crippen MR) is 87.0 cm³/mol. The SMILES string of the molecule is COC(=O)c1sc(C#CC(C)C)cc1NC1CCN(C)C1=O. The van der Waals surface area contributed by atoms with Gasteiger partial charge in [0.05, 0.1) is 17.7 Å². The Morgan fingerprint density at radius 1 is 1.55 bits per heavy atom. The zero-order valence-electron chi connectivity index (χ0n) is 13.2. The third kappa shape index (κ3) is 3.60. The molecule has 118 valence electrons. The molecule has 22 heavy (non-hydrogen) atoms. The molecule has 0 bridgehead atoms. The van der Waals surface area contributed by atoms with Crippen LogP contribution in [0.3, 0.4) is 0 Å². The first-order valence-corrected chi connectivity index (χ1v) is 7.99. The van der Waals surface area contributed by atoms with Crippen molar-refractivity contribution in [1.82, 2.24) is 4.90 Å². The number of nitrogens with zero attached hydrogens (tertiary/aromatic N) is 1. The first-order valence-electron chi connectivity index (χ1n) is 7.17. The Bertz CT molecular complexity index is 640. The van der Waals surface area contributed by atoms with Crippen LogP contribution in [0.4, 0.5) is 5.69 Å². The number of rotatable bonds is 3. The molecule has 1 fully saturated rings. The molecule has 5 nitrogen and oxygen atoms in total. The number of carbonyl (C=O) groups is 2. The molecule has 1 saturated heterocycles. The first-order chi connectivity index (χ1) is 10.4. The number of methoxy groups -OCH3 is 1. The van der Waals surface area contributed by atoms with Crippen LogP contribution in [-0.2, 0) is 9.53 Å². The molecule has 0 aliphatic carbocycles. The average molecular weight is 320 g/mol. The Kier molecular flexibility index (Phi) is 5.09. The van der Waals surface area contributed by atoms with E-state index in [1.54, 1.807) is 11.9 Å². The van der Waals surface area contributed by atoms with Gasteiger partial charge in [0.15, 0.2) is 0 Å². The second-order valence-corrected chi connectivity index (χ2v) is 6.57. The third-order valence-electron chi connectivity index (χ3n) is 3.34. The number of nitrogens with one attached hydrogen (secondary N) is 1. The van der Waals surface area contributed by atoms with Crippen molar-refractivity contribution < 1.29 is 14.3 Å². The zero-order chi connectivity index (χ0) is 16.3. The molecule has 1 N–H and O–H groups in total. The summed E-state index contributed by atoms with van der Waals surface area (Å²) < 4.78 is 4.82. The third-order valence-corrected chi connectivity index (χ3v) is 4.37. The lowest BCUT2D eigenvalue weighted by Crippen LogP contribution is -2.31. The molecule has 1 aromatic heterocycles. The lowest BCUT2D eigenvalue weighted by atomic mass is 10.2. The molecule has 0 radical (unpaired) electrons. The molecule has 1 aromatic rings. The molecule has 1 aliphatic rings. The van der Waals surface area contributed by atoms with Crippen LogP contribution in [0.25, 0.3) is 0 Å². The standard InChI is InChI=1S/C16H20N2O3S/c1-10(2)5-6-11-9-13(14(22-11)16(20)21-4)17-12-7-8-18(3)15(12)19/h9-10,12,17H,7-8H2,1-4H3. The summed E-state index contributed by atoms with van der Waals surface area (Å²) in [7, 11) is 3.12. The summed E-state index contributed by atoms with van der Waals surface area (Å²) in [6.45, 7) is 4.73. The fourth-order valence-corrected chi connectivity index (χ4v) is 3.06. The summed E-state index contributed by atoms with van der Waals surface area (Å²) in [4.78, 5) is 26.8. The van der Waals surface area contributed by atoms with E-state index in [1.165, 1.54) is 18.4 Å². The summed E-state index contributed by atoms with van der Waals surface area (Å²) in [6.07, 6.45) is 0.721. The van der Waals surface area contributed by atoms with Gasteiger partial charge in [0.1, 0.15) is 10.9 Å². The highest BCUT2D eigenvalue weighted by Gasteiger charge is 2.30. The molecule has 1 amide bonds. The van der Waals surface area contributed by atoms with Crippen LogP contribution in [0, 0.1) is 17.8 Å². The maximum Gasteiger partial charge on any atom is 0.350 e. The Hall–Kier alpha value is -2.00. The van der Waals surface area contributed by atoms with E-state index in [2.05, 4.69) is 17.2 Å². The van der Waals surface area contributed by atoms with E-state index in [0.29, 0.717) is 17.1 Å². The number of carbonyl (C=O) groups excluding carboxylic acids is 2. The molecule has 0 aromatic carbocycles. The minimum absolute atomic E-state index is 0.0387. The number of ether oxygens (including phenoxy) is 1. The summed E-state index contributed by atoms with van der Waals surface area (Å²) in [5, 5.41) is 3.16. The second kappa shape index (κ2) is 6.84. The van der Waals surface area contributed by atoms with E-state index in [1.807, 2.05) is 19.9 Å². The van der Waals surface area contributed by atoms with Crippen molar-refractivity contribution in [2.75, 3.05) is 26.0 Å². The van der Waals surface area contributed by atoms with Gasteiger partial charge in [-0.05, 0) is 12.5 Å². The molecule has 1 unspecified atom stereocenters. The lowest BCUT2D eigenvalue weighted by molar-refractivity contribution is -0.127. The molecule has 1 aliphatic heterocycles. The van der Waals surface area contributed by atoms with E-state index in [9.17, 15) is 9.59 Å². The number of likely N-dealkylation sites (tertiary alicyclic amines) is 1. The number of thiophene rings is 1. The highest BCUT2D eigenvalue weighted by molar-refractivity contribution is 7.15. The topological polar surface area (TPSA) is 58.6 Å². The van der Waals surface area contributed by atoms with E-state index < -0.39 is 5.97 Å². The van der Waals surface area contributed by atoms with Gasteiger partial charge in [-0.1, -0.05) is 25.7 Å². The monoisotopic (exact) mass is 320 g/mol. The van der Waals surface area contributed by atoms with Crippen molar-refractivity contribution in [3.63, 3.8) is 0 Å². The van der Waals surface area contributed by atoms with Crippen LogP contribution in [0.1, 0.15) is 34.8 Å². The van der Waals surface area contributed by atoms with Crippen LogP contribution in [-0.4, -0.2) is 43.5 Å². The van der Waals surface area contributed by atoms with Crippen LogP contribution in [0.2, 0.25) is 0 Å². The largest absolute Gasteiger partial charge is 0.465 e. The molecule has 2 heterocycles. The summed E-state index contributed by atoms with van der Waals surface area (Å²) in [6, 6.07) is 1.52. The first kappa shape index (κ1) is 16.4. The normalized spacial score (nSPS) is 17.4. The van der Waals surface area contributed by atoms with Gasteiger partial charge in [-0.15, -0.1) is 11.3 Å². The smallest absolute Gasteiger partial charge is 0.350 e.